The van der Waals surface area contributed by atoms with Gasteiger partial charge in [-0.1, -0.05) is 46.3 Å². The molecule has 4 nitrogen and oxygen atoms in total. The van der Waals surface area contributed by atoms with Crippen molar-refractivity contribution in [3.63, 3.8) is 0 Å². The molecule has 140 valence electrons. The Hall–Kier alpha value is -1.22. The highest BCUT2D eigenvalue weighted by Crippen LogP contribution is 2.43. The first-order valence-electron chi connectivity index (χ1n) is 7.47. The fraction of sp³-hybridized carbons (Fsp3) is 0.235. The molecule has 1 amide bonds. The molecule has 2 aromatic carbocycles. The minimum absolute atomic E-state index is 0.226. The zero-order valence-corrected chi connectivity index (χ0v) is 17.2. The standard InChI is InChI=1S/C17H15Br2ClF2N2O2/c18-10-6-11(23-8-12(21)22)16(24-13(25)7-20)15(19)14(10)17(26)9-4-2-1-3-5-9/h1-6,12,17,23,26H,7-8H2,(H,24,25). The number of hydrogen-bond donors (Lipinski definition) is 3. The summed E-state index contributed by atoms with van der Waals surface area (Å²) >= 11 is 12.3. The topological polar surface area (TPSA) is 61.4 Å². The molecule has 0 bridgehead atoms. The van der Waals surface area contributed by atoms with Gasteiger partial charge in [-0.05, 0) is 27.6 Å². The summed E-state index contributed by atoms with van der Waals surface area (Å²) < 4.78 is 26.0. The van der Waals surface area contributed by atoms with Gasteiger partial charge in [-0.2, -0.15) is 0 Å². The monoisotopic (exact) mass is 510 g/mol. The van der Waals surface area contributed by atoms with Crippen LogP contribution in [0.5, 0.6) is 0 Å². The average molecular weight is 513 g/mol. The summed E-state index contributed by atoms with van der Waals surface area (Å²) in [7, 11) is 0. The van der Waals surface area contributed by atoms with E-state index in [1.807, 2.05) is 6.07 Å². The van der Waals surface area contributed by atoms with Crippen molar-refractivity contribution in [2.24, 2.45) is 0 Å². The summed E-state index contributed by atoms with van der Waals surface area (Å²) in [5.41, 5.74) is 1.58. The van der Waals surface area contributed by atoms with Gasteiger partial charge in [0.1, 0.15) is 12.0 Å². The Morgan fingerprint density at radius 3 is 2.46 bits per heavy atom. The molecule has 0 aromatic heterocycles. The van der Waals surface area contributed by atoms with E-state index in [0.717, 1.165) is 0 Å². The molecule has 0 aliphatic rings. The van der Waals surface area contributed by atoms with Gasteiger partial charge in [-0.3, -0.25) is 4.79 Å². The van der Waals surface area contributed by atoms with Gasteiger partial charge in [0, 0.05) is 10.0 Å². The van der Waals surface area contributed by atoms with Crippen LogP contribution in [-0.2, 0) is 4.79 Å². The smallest absolute Gasteiger partial charge is 0.255 e. The van der Waals surface area contributed by atoms with Gasteiger partial charge in [0.2, 0.25) is 5.91 Å². The number of aliphatic hydroxyl groups is 1. The molecule has 0 saturated carbocycles. The maximum atomic E-state index is 12.6. The van der Waals surface area contributed by atoms with Crippen LogP contribution in [-0.4, -0.2) is 29.9 Å². The Kier molecular flexibility index (Phi) is 7.82. The van der Waals surface area contributed by atoms with Crippen LogP contribution in [0, 0.1) is 0 Å². The van der Waals surface area contributed by atoms with Gasteiger partial charge in [0.15, 0.2) is 0 Å². The minimum atomic E-state index is -2.57. The number of alkyl halides is 3. The first-order valence-corrected chi connectivity index (χ1v) is 9.60. The van der Waals surface area contributed by atoms with E-state index < -0.39 is 25.0 Å². The second-order valence-electron chi connectivity index (χ2n) is 5.28. The second-order valence-corrected chi connectivity index (χ2v) is 7.19. The summed E-state index contributed by atoms with van der Waals surface area (Å²) in [4.78, 5) is 11.7. The van der Waals surface area contributed by atoms with E-state index in [1.54, 1.807) is 24.3 Å². The summed E-state index contributed by atoms with van der Waals surface area (Å²) in [6, 6.07) is 10.4. The molecular weight excluding hydrogens is 497 g/mol. The van der Waals surface area contributed by atoms with Crippen LogP contribution < -0.4 is 10.6 Å². The lowest BCUT2D eigenvalue weighted by atomic mass is 10.0. The number of benzene rings is 2. The van der Waals surface area contributed by atoms with E-state index in [2.05, 4.69) is 42.5 Å². The first kappa shape index (κ1) is 21.1. The molecule has 2 aromatic rings. The number of halogens is 5. The van der Waals surface area contributed by atoms with Gasteiger partial charge in [-0.15, -0.1) is 11.6 Å². The molecule has 2 rings (SSSR count). The molecule has 0 fully saturated rings. The highest BCUT2D eigenvalue weighted by Gasteiger charge is 2.23. The lowest BCUT2D eigenvalue weighted by Crippen LogP contribution is -2.18. The van der Waals surface area contributed by atoms with Crippen molar-refractivity contribution in [1.82, 2.24) is 0 Å². The predicted octanol–water partition coefficient (Wildman–Crippen LogP) is 5.15. The molecule has 1 unspecified atom stereocenters. The van der Waals surface area contributed by atoms with Gasteiger partial charge >= 0.3 is 0 Å². The lowest BCUT2D eigenvalue weighted by molar-refractivity contribution is -0.113. The van der Waals surface area contributed by atoms with Crippen LogP contribution >= 0.6 is 43.5 Å². The van der Waals surface area contributed by atoms with Gasteiger partial charge in [0.05, 0.1) is 22.4 Å². The fourth-order valence-electron chi connectivity index (χ4n) is 2.31. The largest absolute Gasteiger partial charge is 0.384 e. The number of amides is 1. The summed E-state index contributed by atoms with van der Waals surface area (Å²) in [6.45, 7) is -0.594. The average Bonchev–Trinajstić information content (AvgIpc) is 2.62. The maximum absolute atomic E-state index is 12.6. The van der Waals surface area contributed by atoms with Crippen molar-refractivity contribution in [2.45, 2.75) is 12.5 Å². The number of carbonyl (C=O) groups is 1. The van der Waals surface area contributed by atoms with E-state index in [4.69, 9.17) is 11.6 Å². The molecule has 0 radical (unpaired) electrons. The van der Waals surface area contributed by atoms with Gasteiger partial charge in [-0.25, -0.2) is 8.78 Å². The third kappa shape index (κ3) is 5.16. The van der Waals surface area contributed by atoms with E-state index in [1.165, 1.54) is 6.07 Å². The normalized spacial score (nSPS) is 12.1. The Bertz CT molecular complexity index is 779. The van der Waals surface area contributed by atoms with Crippen molar-refractivity contribution in [3.05, 3.63) is 56.5 Å². The second kappa shape index (κ2) is 9.64. The molecule has 0 saturated heterocycles. The molecule has 0 aliphatic carbocycles. The van der Waals surface area contributed by atoms with Crippen LogP contribution in [0.2, 0.25) is 0 Å². The highest BCUT2D eigenvalue weighted by atomic mass is 79.9. The number of rotatable bonds is 7. The fourth-order valence-corrected chi connectivity index (χ4v) is 4.03. The Morgan fingerprint density at radius 2 is 1.88 bits per heavy atom. The molecule has 0 heterocycles. The molecule has 3 N–H and O–H groups in total. The molecule has 0 spiro atoms. The quantitative estimate of drug-likeness (QED) is 0.450. The third-order valence-corrected chi connectivity index (χ3v) is 5.20. The van der Waals surface area contributed by atoms with Crippen molar-refractivity contribution in [3.8, 4) is 0 Å². The molecule has 26 heavy (non-hydrogen) atoms. The lowest BCUT2D eigenvalue weighted by Gasteiger charge is -2.21. The molecular formula is C17H15Br2ClF2N2O2. The molecule has 1 atom stereocenters. The van der Waals surface area contributed by atoms with Gasteiger partial charge < -0.3 is 15.7 Å². The van der Waals surface area contributed by atoms with Crippen molar-refractivity contribution in [1.29, 1.82) is 0 Å². The first-order chi connectivity index (χ1) is 12.3. The number of anilines is 2. The number of hydrogen-bond acceptors (Lipinski definition) is 3. The molecule has 9 heteroatoms. The zero-order chi connectivity index (χ0) is 19.3. The van der Waals surface area contributed by atoms with Crippen LogP contribution in [0.4, 0.5) is 20.2 Å². The highest BCUT2D eigenvalue weighted by molar-refractivity contribution is 9.11. The van der Waals surface area contributed by atoms with Crippen LogP contribution in [0.3, 0.4) is 0 Å². The van der Waals surface area contributed by atoms with Crippen LogP contribution in [0.1, 0.15) is 17.2 Å². The van der Waals surface area contributed by atoms with E-state index in [0.29, 0.717) is 20.1 Å². The number of nitrogens with one attached hydrogen (secondary N) is 2. The SMILES string of the molecule is O=C(CCl)Nc1c(NCC(F)F)cc(Br)c(C(O)c2ccccc2)c1Br. The summed E-state index contributed by atoms with van der Waals surface area (Å²) in [5.74, 6) is -0.803. The van der Waals surface area contributed by atoms with Gasteiger partial charge in [0.25, 0.3) is 6.43 Å². The van der Waals surface area contributed by atoms with E-state index in [9.17, 15) is 18.7 Å². The van der Waals surface area contributed by atoms with Crippen molar-refractivity contribution < 1.29 is 18.7 Å². The van der Waals surface area contributed by atoms with E-state index >= 15 is 0 Å². The van der Waals surface area contributed by atoms with Crippen LogP contribution in [0.15, 0.2) is 45.3 Å². The molecule has 0 aliphatic heterocycles. The predicted molar refractivity (Wildman–Crippen MR) is 106 cm³/mol. The minimum Gasteiger partial charge on any atom is -0.384 e. The Labute approximate surface area is 171 Å². The summed E-state index contributed by atoms with van der Waals surface area (Å²) in [5, 5.41) is 15.9. The van der Waals surface area contributed by atoms with E-state index in [-0.39, 0.29) is 17.3 Å². The number of carbonyl (C=O) groups excluding carboxylic acids is 1. The zero-order valence-electron chi connectivity index (χ0n) is 13.3. The third-order valence-electron chi connectivity index (χ3n) is 3.48. The summed E-state index contributed by atoms with van der Waals surface area (Å²) in [6.07, 6.45) is -3.57. The van der Waals surface area contributed by atoms with Crippen LogP contribution in [0.25, 0.3) is 0 Å². The van der Waals surface area contributed by atoms with Crippen molar-refractivity contribution >= 4 is 60.7 Å². The Balaban J connectivity index is 2.52. The number of aliphatic hydroxyl groups excluding tert-OH is 1. The Morgan fingerprint density at radius 1 is 1.23 bits per heavy atom. The maximum Gasteiger partial charge on any atom is 0.255 e. The van der Waals surface area contributed by atoms with Crippen molar-refractivity contribution in [2.75, 3.05) is 23.1 Å².